The number of thiazole rings is 1. The molecule has 6 nitrogen and oxygen atoms in total. The first kappa shape index (κ1) is 18.5. The summed E-state index contributed by atoms with van der Waals surface area (Å²) in [6.07, 6.45) is 1.87. The van der Waals surface area contributed by atoms with E-state index in [-0.39, 0.29) is 0 Å². The van der Waals surface area contributed by atoms with Crippen LogP contribution in [0.25, 0.3) is 21.3 Å². The Kier molecular flexibility index (Phi) is 5.13. The number of rotatable bonds is 5. The number of methoxy groups -OCH3 is 1. The molecule has 8 heteroatoms. The molecule has 1 aliphatic rings. The highest BCUT2D eigenvalue weighted by Crippen LogP contribution is 2.38. The minimum absolute atomic E-state index is 0.417. The van der Waals surface area contributed by atoms with Crippen LogP contribution in [0.15, 0.2) is 47.3 Å². The van der Waals surface area contributed by atoms with Crippen LogP contribution in [0.3, 0.4) is 0 Å². The van der Waals surface area contributed by atoms with E-state index in [1.807, 2.05) is 17.6 Å². The SMILES string of the molecule is COCc1nc(N2CCN(c3nccs3)CC2)c2c(-c3ccccc3)csc2n1. The van der Waals surface area contributed by atoms with Gasteiger partial charge in [0.25, 0.3) is 0 Å². The van der Waals surface area contributed by atoms with E-state index < -0.39 is 0 Å². The number of benzene rings is 1. The number of anilines is 2. The van der Waals surface area contributed by atoms with Gasteiger partial charge in [-0.1, -0.05) is 30.3 Å². The fourth-order valence-electron chi connectivity index (χ4n) is 3.70. The van der Waals surface area contributed by atoms with E-state index in [1.165, 1.54) is 11.1 Å². The number of aromatic nitrogens is 3. The van der Waals surface area contributed by atoms with Crippen molar-refractivity contribution < 1.29 is 4.74 Å². The van der Waals surface area contributed by atoms with Crippen molar-refractivity contribution in [2.24, 2.45) is 0 Å². The summed E-state index contributed by atoms with van der Waals surface area (Å²) < 4.78 is 5.32. The quantitative estimate of drug-likeness (QED) is 0.477. The van der Waals surface area contributed by atoms with Gasteiger partial charge in [-0.05, 0) is 5.56 Å². The van der Waals surface area contributed by atoms with Gasteiger partial charge in [0.2, 0.25) is 0 Å². The van der Waals surface area contributed by atoms with Crippen molar-refractivity contribution in [1.29, 1.82) is 0 Å². The van der Waals surface area contributed by atoms with E-state index in [2.05, 4.69) is 44.4 Å². The van der Waals surface area contributed by atoms with Crippen molar-refractivity contribution in [2.45, 2.75) is 6.61 Å². The molecule has 0 N–H and O–H groups in total. The van der Waals surface area contributed by atoms with E-state index in [4.69, 9.17) is 14.7 Å². The topological polar surface area (TPSA) is 54.4 Å². The molecule has 0 spiro atoms. The molecule has 0 amide bonds. The lowest BCUT2D eigenvalue weighted by atomic mass is 10.1. The van der Waals surface area contributed by atoms with Gasteiger partial charge in [-0.25, -0.2) is 15.0 Å². The average Bonchev–Trinajstić information content (AvgIpc) is 3.45. The third-order valence-corrected chi connectivity index (χ3v) is 6.79. The molecule has 0 saturated carbocycles. The van der Waals surface area contributed by atoms with Gasteiger partial charge in [-0.15, -0.1) is 22.7 Å². The second-order valence-electron chi connectivity index (χ2n) is 6.88. The van der Waals surface area contributed by atoms with Crippen LogP contribution in [0, 0.1) is 0 Å². The molecule has 1 fully saturated rings. The third-order valence-electron chi connectivity index (χ3n) is 5.09. The number of fused-ring (bicyclic) bond motifs is 1. The van der Waals surface area contributed by atoms with E-state index in [0.717, 1.165) is 53.2 Å². The van der Waals surface area contributed by atoms with E-state index in [0.29, 0.717) is 6.61 Å². The summed E-state index contributed by atoms with van der Waals surface area (Å²) in [5, 5.41) is 6.46. The first-order chi connectivity index (χ1) is 14.3. The summed E-state index contributed by atoms with van der Waals surface area (Å²) in [4.78, 5) is 19.9. The zero-order valence-electron chi connectivity index (χ0n) is 16.1. The molecule has 0 atom stereocenters. The molecule has 4 aromatic rings. The lowest BCUT2D eigenvalue weighted by Gasteiger charge is -2.35. The predicted molar refractivity (Wildman–Crippen MR) is 120 cm³/mol. The Balaban J connectivity index is 1.54. The zero-order valence-corrected chi connectivity index (χ0v) is 17.7. The zero-order chi connectivity index (χ0) is 19.6. The number of ether oxygens (including phenoxy) is 1. The maximum Gasteiger partial charge on any atom is 0.185 e. The Morgan fingerprint density at radius 2 is 1.79 bits per heavy atom. The highest BCUT2D eigenvalue weighted by Gasteiger charge is 2.24. The monoisotopic (exact) mass is 423 g/mol. The molecular weight excluding hydrogens is 402 g/mol. The van der Waals surface area contributed by atoms with Gasteiger partial charge in [0.1, 0.15) is 17.3 Å². The smallest absolute Gasteiger partial charge is 0.185 e. The Bertz CT molecular complexity index is 1090. The molecule has 1 aliphatic heterocycles. The second-order valence-corrected chi connectivity index (χ2v) is 8.61. The number of hydrogen-bond acceptors (Lipinski definition) is 8. The number of piperazine rings is 1. The van der Waals surface area contributed by atoms with Crippen molar-refractivity contribution >= 4 is 43.8 Å². The lowest BCUT2D eigenvalue weighted by molar-refractivity contribution is 0.178. The predicted octanol–water partition coefficient (Wildman–Crippen LogP) is 4.29. The molecule has 29 heavy (non-hydrogen) atoms. The van der Waals surface area contributed by atoms with Crippen molar-refractivity contribution in [2.75, 3.05) is 43.1 Å². The van der Waals surface area contributed by atoms with Crippen LogP contribution in [-0.2, 0) is 11.3 Å². The molecule has 1 saturated heterocycles. The van der Waals surface area contributed by atoms with Crippen LogP contribution in [0.5, 0.6) is 0 Å². The minimum Gasteiger partial charge on any atom is -0.377 e. The standard InChI is InChI=1S/C21H21N5OS2/c1-27-13-17-23-19(25-8-10-26(11-9-25)21-22-7-12-28-21)18-16(14-29-20(18)24-17)15-5-3-2-4-6-15/h2-7,12,14H,8-11,13H2,1H3. The molecule has 0 unspecified atom stereocenters. The van der Waals surface area contributed by atoms with Crippen LogP contribution < -0.4 is 9.80 Å². The first-order valence-corrected chi connectivity index (χ1v) is 11.3. The van der Waals surface area contributed by atoms with Gasteiger partial charge in [0, 0.05) is 55.8 Å². The lowest BCUT2D eigenvalue weighted by Crippen LogP contribution is -2.47. The maximum atomic E-state index is 5.32. The summed E-state index contributed by atoms with van der Waals surface area (Å²) in [5.41, 5.74) is 2.40. The molecule has 0 bridgehead atoms. The Morgan fingerprint density at radius 1 is 1.00 bits per heavy atom. The Morgan fingerprint density at radius 3 is 2.52 bits per heavy atom. The molecule has 0 aliphatic carbocycles. The Hall–Kier alpha value is -2.55. The van der Waals surface area contributed by atoms with Crippen LogP contribution in [-0.4, -0.2) is 48.2 Å². The molecule has 148 valence electrons. The van der Waals surface area contributed by atoms with E-state index >= 15 is 0 Å². The van der Waals surface area contributed by atoms with Gasteiger partial charge in [0.15, 0.2) is 11.0 Å². The van der Waals surface area contributed by atoms with Crippen LogP contribution >= 0.6 is 22.7 Å². The van der Waals surface area contributed by atoms with Gasteiger partial charge >= 0.3 is 0 Å². The average molecular weight is 424 g/mol. The molecular formula is C21H21N5OS2. The minimum atomic E-state index is 0.417. The van der Waals surface area contributed by atoms with Crippen molar-refractivity contribution in [3.05, 3.63) is 53.1 Å². The number of thiophene rings is 1. The van der Waals surface area contributed by atoms with Gasteiger partial charge < -0.3 is 14.5 Å². The van der Waals surface area contributed by atoms with Crippen LogP contribution in [0.4, 0.5) is 10.9 Å². The fraction of sp³-hybridized carbons (Fsp3) is 0.286. The number of nitrogens with zero attached hydrogens (tertiary/aromatic N) is 5. The van der Waals surface area contributed by atoms with Crippen LogP contribution in [0.2, 0.25) is 0 Å². The summed E-state index contributed by atoms with van der Waals surface area (Å²) in [7, 11) is 1.68. The highest BCUT2D eigenvalue weighted by atomic mass is 32.1. The van der Waals surface area contributed by atoms with E-state index in [1.54, 1.807) is 29.8 Å². The van der Waals surface area contributed by atoms with Gasteiger partial charge in [-0.3, -0.25) is 0 Å². The molecule has 5 rings (SSSR count). The Labute approximate surface area is 177 Å². The molecule has 1 aromatic carbocycles. The summed E-state index contributed by atoms with van der Waals surface area (Å²) >= 11 is 3.37. The fourth-order valence-corrected chi connectivity index (χ4v) is 5.36. The van der Waals surface area contributed by atoms with Gasteiger partial charge in [-0.2, -0.15) is 0 Å². The normalized spacial score (nSPS) is 14.7. The first-order valence-electron chi connectivity index (χ1n) is 9.55. The van der Waals surface area contributed by atoms with Crippen molar-refractivity contribution in [1.82, 2.24) is 15.0 Å². The van der Waals surface area contributed by atoms with Crippen molar-refractivity contribution in [3.8, 4) is 11.1 Å². The highest BCUT2D eigenvalue weighted by molar-refractivity contribution is 7.17. The largest absolute Gasteiger partial charge is 0.377 e. The summed E-state index contributed by atoms with van der Waals surface area (Å²) in [6, 6.07) is 10.5. The maximum absolute atomic E-state index is 5.32. The molecule has 0 radical (unpaired) electrons. The number of hydrogen-bond donors (Lipinski definition) is 0. The summed E-state index contributed by atoms with van der Waals surface area (Å²) in [6.45, 7) is 4.10. The van der Waals surface area contributed by atoms with Gasteiger partial charge in [0.05, 0.1) is 5.39 Å². The summed E-state index contributed by atoms with van der Waals surface area (Å²) in [5.74, 6) is 1.75. The second kappa shape index (κ2) is 8.06. The van der Waals surface area contributed by atoms with E-state index in [9.17, 15) is 0 Å². The molecule has 4 heterocycles. The van der Waals surface area contributed by atoms with Crippen LogP contribution in [0.1, 0.15) is 5.82 Å². The van der Waals surface area contributed by atoms with Crippen molar-refractivity contribution in [3.63, 3.8) is 0 Å². The molecule has 3 aromatic heterocycles. The third kappa shape index (κ3) is 3.59.